The first-order valence-electron chi connectivity index (χ1n) is 20.7. The molecule has 0 saturated heterocycles. The van der Waals surface area contributed by atoms with Crippen molar-refractivity contribution in [2.45, 2.75) is 204 Å². The van der Waals surface area contributed by atoms with Crippen LogP contribution in [0.4, 0.5) is 0 Å². The van der Waals surface area contributed by atoms with Gasteiger partial charge >= 0.3 is 11.9 Å². The lowest BCUT2D eigenvalue weighted by Crippen LogP contribution is -2.29. The zero-order valence-corrected chi connectivity index (χ0v) is 33.8. The van der Waals surface area contributed by atoms with Gasteiger partial charge in [0.2, 0.25) is 0 Å². The van der Waals surface area contributed by atoms with E-state index in [-0.39, 0.29) is 37.0 Å². The number of hydrogen-bond acceptors (Lipinski definition) is 5. The maximum atomic E-state index is 12.5. The zero-order chi connectivity index (χ0) is 36.3. The molecule has 0 radical (unpaired) electrons. The van der Waals surface area contributed by atoms with Crippen molar-refractivity contribution in [2.75, 3.05) is 13.2 Å². The van der Waals surface area contributed by atoms with E-state index in [1.165, 1.54) is 89.9 Å². The summed E-state index contributed by atoms with van der Waals surface area (Å²) < 4.78 is 10.9. The van der Waals surface area contributed by atoms with Gasteiger partial charge in [-0.2, -0.15) is 0 Å². The average Bonchev–Trinajstić information content (AvgIpc) is 2.98. The van der Waals surface area contributed by atoms with Crippen molar-refractivity contribution in [3.63, 3.8) is 0 Å². The number of ether oxygens (including phenoxy) is 2. The molecular formula is C43H84O5. The molecule has 0 amide bonds. The minimum absolute atomic E-state index is 0.0804. The summed E-state index contributed by atoms with van der Waals surface area (Å²) in [6.45, 7) is 22.5. The standard InChI is InChI=1S/C43H84O5/c1-33(2)17-11-19-35(5)21-13-23-37(7)25-15-27-39(9)29-42(45)47-32-41(31-44)48-43(46)30-40(10)28-16-26-38(8)24-14-22-36(6)20-12-18-34(3)4/h33-41,44H,11-32H2,1-10H3/t35?,36?,37?,38?,39?,40?,41-/m0/s1. The van der Waals surface area contributed by atoms with Crippen LogP contribution in [-0.4, -0.2) is 36.4 Å². The Morgan fingerprint density at radius 2 is 0.729 bits per heavy atom. The van der Waals surface area contributed by atoms with Crippen LogP contribution in [0.1, 0.15) is 198 Å². The number of hydrogen-bond donors (Lipinski definition) is 1. The predicted octanol–water partition coefficient (Wildman–Crippen LogP) is 12.4. The van der Waals surface area contributed by atoms with Crippen LogP contribution < -0.4 is 0 Å². The Labute approximate surface area is 299 Å². The van der Waals surface area contributed by atoms with E-state index in [1.54, 1.807) is 0 Å². The van der Waals surface area contributed by atoms with Crippen LogP contribution in [0.3, 0.4) is 0 Å². The molecule has 48 heavy (non-hydrogen) atoms. The monoisotopic (exact) mass is 681 g/mol. The van der Waals surface area contributed by atoms with Crippen molar-refractivity contribution in [2.24, 2.45) is 47.3 Å². The van der Waals surface area contributed by atoms with Crippen molar-refractivity contribution in [3.05, 3.63) is 0 Å². The Bertz CT molecular complexity index is 764. The summed E-state index contributed by atoms with van der Waals surface area (Å²) in [5, 5.41) is 9.73. The third kappa shape index (κ3) is 29.8. The number of carbonyl (C=O) groups is 2. The second kappa shape index (κ2) is 29.6. The summed E-state index contributed by atoms with van der Waals surface area (Å²) in [6.07, 6.45) is 22.6. The van der Waals surface area contributed by atoms with Gasteiger partial charge in [-0.05, 0) is 47.3 Å². The van der Waals surface area contributed by atoms with E-state index in [4.69, 9.17) is 9.47 Å². The third-order valence-corrected chi connectivity index (χ3v) is 10.5. The average molecular weight is 681 g/mol. The van der Waals surface area contributed by atoms with Crippen molar-refractivity contribution < 1.29 is 24.2 Å². The molecule has 0 fully saturated rings. The fourth-order valence-electron chi connectivity index (χ4n) is 6.96. The van der Waals surface area contributed by atoms with Gasteiger partial charge in [0.05, 0.1) is 6.61 Å². The van der Waals surface area contributed by atoms with Crippen LogP contribution >= 0.6 is 0 Å². The van der Waals surface area contributed by atoms with Gasteiger partial charge in [-0.1, -0.05) is 185 Å². The summed E-state index contributed by atoms with van der Waals surface area (Å²) >= 11 is 0. The predicted molar refractivity (Wildman–Crippen MR) is 205 cm³/mol. The highest BCUT2D eigenvalue weighted by Crippen LogP contribution is 2.24. The van der Waals surface area contributed by atoms with Crippen LogP contribution in [-0.2, 0) is 19.1 Å². The Morgan fingerprint density at radius 3 is 1.04 bits per heavy atom. The first kappa shape index (κ1) is 46.9. The second-order valence-electron chi connectivity index (χ2n) is 17.4. The van der Waals surface area contributed by atoms with Crippen LogP contribution in [0.5, 0.6) is 0 Å². The first-order valence-corrected chi connectivity index (χ1v) is 20.7. The molecule has 5 heteroatoms. The van der Waals surface area contributed by atoms with E-state index in [0.717, 1.165) is 61.2 Å². The largest absolute Gasteiger partial charge is 0.462 e. The molecular weight excluding hydrogens is 596 g/mol. The quantitative estimate of drug-likeness (QED) is 0.0716. The lowest BCUT2D eigenvalue weighted by molar-refractivity contribution is -0.162. The Kier molecular flexibility index (Phi) is 28.9. The van der Waals surface area contributed by atoms with Crippen molar-refractivity contribution in [1.82, 2.24) is 0 Å². The lowest BCUT2D eigenvalue weighted by atomic mass is 9.91. The van der Waals surface area contributed by atoms with Crippen LogP contribution in [0.25, 0.3) is 0 Å². The van der Waals surface area contributed by atoms with Gasteiger partial charge in [0, 0.05) is 12.8 Å². The van der Waals surface area contributed by atoms with Crippen molar-refractivity contribution >= 4 is 11.9 Å². The molecule has 0 saturated carbocycles. The summed E-state index contributed by atoms with van der Waals surface area (Å²) in [6, 6.07) is 0. The van der Waals surface area contributed by atoms with Crippen LogP contribution in [0.2, 0.25) is 0 Å². The molecule has 0 aromatic rings. The number of aliphatic hydroxyl groups is 1. The van der Waals surface area contributed by atoms with E-state index in [0.29, 0.717) is 12.8 Å². The van der Waals surface area contributed by atoms with E-state index in [9.17, 15) is 14.7 Å². The van der Waals surface area contributed by atoms with Gasteiger partial charge in [0.1, 0.15) is 6.61 Å². The molecule has 0 heterocycles. The smallest absolute Gasteiger partial charge is 0.306 e. The van der Waals surface area contributed by atoms with Gasteiger partial charge in [0.25, 0.3) is 0 Å². The van der Waals surface area contributed by atoms with Gasteiger partial charge in [-0.3, -0.25) is 9.59 Å². The topological polar surface area (TPSA) is 72.8 Å². The second-order valence-corrected chi connectivity index (χ2v) is 17.4. The molecule has 0 aromatic heterocycles. The van der Waals surface area contributed by atoms with Gasteiger partial charge in [0.15, 0.2) is 6.10 Å². The molecule has 1 N–H and O–H groups in total. The van der Waals surface area contributed by atoms with E-state index >= 15 is 0 Å². The molecule has 0 bridgehead atoms. The highest BCUT2D eigenvalue weighted by Gasteiger charge is 2.20. The Balaban J connectivity index is 4.03. The third-order valence-electron chi connectivity index (χ3n) is 10.5. The molecule has 0 aliphatic heterocycles. The summed E-state index contributed by atoms with van der Waals surface area (Å²) in [5.41, 5.74) is 0. The zero-order valence-electron chi connectivity index (χ0n) is 33.8. The van der Waals surface area contributed by atoms with Gasteiger partial charge in [-0.25, -0.2) is 0 Å². The molecule has 5 nitrogen and oxygen atoms in total. The molecule has 6 unspecified atom stereocenters. The highest BCUT2D eigenvalue weighted by molar-refractivity contribution is 5.70. The molecule has 0 aliphatic carbocycles. The van der Waals surface area contributed by atoms with E-state index < -0.39 is 6.10 Å². The van der Waals surface area contributed by atoms with Crippen molar-refractivity contribution in [1.29, 1.82) is 0 Å². The minimum Gasteiger partial charge on any atom is -0.462 e. The van der Waals surface area contributed by atoms with Crippen LogP contribution in [0, 0.1) is 47.3 Å². The first-order chi connectivity index (χ1) is 22.7. The molecule has 286 valence electrons. The molecule has 7 atom stereocenters. The normalized spacial score (nSPS) is 16.4. The lowest BCUT2D eigenvalue weighted by Gasteiger charge is -2.19. The number of esters is 2. The van der Waals surface area contributed by atoms with Crippen molar-refractivity contribution in [3.8, 4) is 0 Å². The van der Waals surface area contributed by atoms with Crippen LogP contribution in [0.15, 0.2) is 0 Å². The van der Waals surface area contributed by atoms with Gasteiger partial charge < -0.3 is 14.6 Å². The minimum atomic E-state index is -0.796. The van der Waals surface area contributed by atoms with E-state index in [1.807, 2.05) is 0 Å². The molecule has 0 aromatic carbocycles. The highest BCUT2D eigenvalue weighted by atomic mass is 16.6. The van der Waals surface area contributed by atoms with E-state index in [2.05, 4.69) is 69.2 Å². The maximum Gasteiger partial charge on any atom is 0.306 e. The Hall–Kier alpha value is -1.10. The molecule has 0 spiro atoms. The fourth-order valence-corrected chi connectivity index (χ4v) is 6.96. The summed E-state index contributed by atoms with van der Waals surface area (Å²) in [5.74, 6) is 4.64. The fraction of sp³-hybridized carbons (Fsp3) is 0.953. The SMILES string of the molecule is CC(C)CCCC(C)CCCC(C)CCCC(C)CC(=O)OC[C@H](CO)OC(=O)CC(C)CCCC(C)CCCC(C)CCCC(C)C. The summed E-state index contributed by atoms with van der Waals surface area (Å²) in [7, 11) is 0. The molecule has 0 aliphatic rings. The molecule has 0 rings (SSSR count). The Morgan fingerprint density at radius 1 is 0.438 bits per heavy atom. The summed E-state index contributed by atoms with van der Waals surface area (Å²) in [4.78, 5) is 25.0. The number of aliphatic hydroxyl groups excluding tert-OH is 1. The maximum absolute atomic E-state index is 12.5. The van der Waals surface area contributed by atoms with Gasteiger partial charge in [-0.15, -0.1) is 0 Å². The number of rotatable bonds is 32. The number of carbonyl (C=O) groups excluding carboxylic acids is 2.